The van der Waals surface area contributed by atoms with Gasteiger partial charge in [0.15, 0.2) is 0 Å². The molecule has 0 unspecified atom stereocenters. The highest BCUT2D eigenvalue weighted by Crippen LogP contribution is 2.64. The molecule has 6 heteroatoms. The van der Waals surface area contributed by atoms with E-state index in [4.69, 9.17) is 0 Å². The molecular weight excluding hydrogens is 517 g/mol. The molecule has 3 aromatic carbocycles. The van der Waals surface area contributed by atoms with Crippen LogP contribution >= 0.6 is 71.4 Å². The minimum absolute atomic E-state index is 1.03. The fraction of sp³-hybridized carbons (Fsp3) is 0.333. The van der Waals surface area contributed by atoms with Crippen LogP contribution in [-0.2, 0) is 0 Å². The number of benzene rings is 3. The van der Waals surface area contributed by atoms with E-state index in [1.165, 1.54) is 89.0 Å². The Labute approximate surface area is 224 Å². The number of unbranched alkanes of at least 4 members (excludes halogenated alkanes) is 5. The second-order valence-electron chi connectivity index (χ2n) is 8.24. The van der Waals surface area contributed by atoms with Gasteiger partial charge in [0, 0.05) is 14.7 Å². The Bertz CT molecular complexity index is 1160. The maximum atomic E-state index is 4.32. The van der Waals surface area contributed by atoms with Crippen molar-refractivity contribution < 1.29 is 0 Å². The third kappa shape index (κ3) is 5.31. The van der Waals surface area contributed by atoms with Gasteiger partial charge in [-0.2, -0.15) is 12.6 Å². The Balaban J connectivity index is 1.34. The van der Waals surface area contributed by atoms with Gasteiger partial charge in [-0.05, 0) is 52.8 Å². The zero-order valence-corrected chi connectivity index (χ0v) is 23.7. The van der Waals surface area contributed by atoms with Crippen LogP contribution in [0.2, 0.25) is 0 Å². The highest BCUT2D eigenvalue weighted by atomic mass is 32.2. The molecule has 0 bridgehead atoms. The summed E-state index contributed by atoms with van der Waals surface area (Å²) in [6, 6.07) is 17.8. The van der Waals surface area contributed by atoms with Crippen molar-refractivity contribution in [2.75, 3.05) is 12.0 Å². The molecule has 0 radical (unpaired) electrons. The molecule has 33 heavy (non-hydrogen) atoms. The molecule has 0 spiro atoms. The van der Waals surface area contributed by atoms with Crippen LogP contribution in [0.15, 0.2) is 75.9 Å². The van der Waals surface area contributed by atoms with Crippen molar-refractivity contribution in [3.05, 3.63) is 66.1 Å². The van der Waals surface area contributed by atoms with Crippen LogP contribution in [0, 0.1) is 0 Å². The number of thioether (sulfide) groups is 5. The number of hydrogen-bond donors (Lipinski definition) is 1. The Morgan fingerprint density at radius 3 is 1.73 bits per heavy atom. The summed E-state index contributed by atoms with van der Waals surface area (Å²) in [5, 5.41) is 5.53. The Kier molecular flexibility index (Phi) is 8.64. The lowest BCUT2D eigenvalue weighted by Crippen LogP contribution is -1.83. The maximum Gasteiger partial charge on any atom is 0.0708 e. The summed E-state index contributed by atoms with van der Waals surface area (Å²) in [6.07, 6.45) is 11.4. The summed E-state index contributed by atoms with van der Waals surface area (Å²) in [5.41, 5.74) is 0. The van der Waals surface area contributed by atoms with E-state index in [1.807, 2.05) is 58.8 Å². The fourth-order valence-corrected chi connectivity index (χ4v) is 11.6. The van der Waals surface area contributed by atoms with Crippen molar-refractivity contribution in [3.63, 3.8) is 0 Å². The smallest absolute Gasteiger partial charge is 0.0708 e. The van der Waals surface area contributed by atoms with E-state index in [2.05, 4.69) is 67.4 Å². The first-order chi connectivity index (χ1) is 16.3. The number of allylic oxidation sites excluding steroid dienone is 1. The zero-order valence-electron chi connectivity index (χ0n) is 18.8. The van der Waals surface area contributed by atoms with Gasteiger partial charge in [-0.15, -0.1) is 11.8 Å². The van der Waals surface area contributed by atoms with Crippen LogP contribution in [0.4, 0.5) is 0 Å². The molecule has 0 atom stereocenters. The van der Waals surface area contributed by atoms with Crippen LogP contribution in [0.1, 0.15) is 44.9 Å². The largest absolute Gasteiger partial charge is 0.179 e. The van der Waals surface area contributed by atoms with Crippen molar-refractivity contribution >= 4 is 93.0 Å². The van der Waals surface area contributed by atoms with E-state index in [0.717, 1.165) is 5.75 Å². The quantitative estimate of drug-likeness (QED) is 0.161. The van der Waals surface area contributed by atoms with Gasteiger partial charge in [-0.25, -0.2) is 0 Å². The van der Waals surface area contributed by atoms with Gasteiger partial charge in [0.2, 0.25) is 0 Å². The third-order valence-corrected chi connectivity index (χ3v) is 13.5. The Hall–Kier alpha value is -0.240. The number of hydrogen-bond acceptors (Lipinski definition) is 6. The summed E-state index contributed by atoms with van der Waals surface area (Å²) < 4.78 is 4.47. The Morgan fingerprint density at radius 1 is 0.636 bits per heavy atom. The van der Waals surface area contributed by atoms with E-state index in [-0.39, 0.29) is 0 Å². The fourth-order valence-electron chi connectivity index (χ4n) is 4.38. The van der Waals surface area contributed by atoms with Crippen LogP contribution in [0.25, 0.3) is 21.5 Å². The van der Waals surface area contributed by atoms with Crippen LogP contribution < -0.4 is 0 Å². The molecule has 172 valence electrons. The number of thiol groups is 1. The topological polar surface area (TPSA) is 0 Å². The van der Waals surface area contributed by atoms with Gasteiger partial charge in [-0.1, -0.05) is 121 Å². The van der Waals surface area contributed by atoms with E-state index in [0.29, 0.717) is 0 Å². The Morgan fingerprint density at radius 2 is 1.15 bits per heavy atom. The zero-order chi connectivity index (χ0) is 22.6. The van der Waals surface area contributed by atoms with Crippen molar-refractivity contribution in [2.24, 2.45) is 0 Å². The maximum absolute atomic E-state index is 4.32. The summed E-state index contributed by atoms with van der Waals surface area (Å²) in [6.45, 7) is 0. The van der Waals surface area contributed by atoms with Crippen LogP contribution in [-0.4, -0.2) is 12.0 Å². The van der Waals surface area contributed by atoms with E-state index in [9.17, 15) is 0 Å². The molecule has 0 nitrogen and oxygen atoms in total. The lowest BCUT2D eigenvalue weighted by Gasteiger charge is -2.09. The molecule has 0 N–H and O–H groups in total. The van der Waals surface area contributed by atoms with E-state index in [1.54, 1.807) is 4.91 Å². The summed E-state index contributed by atoms with van der Waals surface area (Å²) in [4.78, 5) is 4.48. The molecule has 0 aromatic heterocycles. The second-order valence-corrected chi connectivity index (χ2v) is 14.4. The standard InChI is InChI=1S/C27H28S6/c1-29-25-22(16-6-4-2-3-5-11-17-28)30-26(33-25)27-31-23-20-14-9-7-12-18(20)19-13-8-10-15-21(19)24(23)32-27/h7-10,12-15,28H,2-6,11,16-17H2,1H3. The molecule has 0 fully saturated rings. The average Bonchev–Trinajstić information content (AvgIpc) is 3.48. The summed E-state index contributed by atoms with van der Waals surface area (Å²) in [7, 11) is 0. The lowest BCUT2D eigenvalue weighted by atomic mass is 10.0. The molecule has 5 rings (SSSR count). The molecular formula is C27H28S6. The van der Waals surface area contributed by atoms with Crippen LogP contribution in [0.3, 0.4) is 0 Å². The summed E-state index contributed by atoms with van der Waals surface area (Å²) >= 11 is 14.3. The monoisotopic (exact) mass is 544 g/mol. The number of rotatable bonds is 9. The van der Waals surface area contributed by atoms with Crippen molar-refractivity contribution in [2.45, 2.75) is 54.7 Å². The molecule has 0 aliphatic carbocycles. The van der Waals surface area contributed by atoms with Gasteiger partial charge in [0.1, 0.15) is 0 Å². The first-order valence-electron chi connectivity index (χ1n) is 11.6. The lowest BCUT2D eigenvalue weighted by molar-refractivity contribution is 0.612. The molecule has 2 aliphatic heterocycles. The van der Waals surface area contributed by atoms with Gasteiger partial charge >= 0.3 is 0 Å². The highest BCUT2D eigenvalue weighted by molar-refractivity contribution is 8.37. The predicted molar refractivity (Wildman–Crippen MR) is 162 cm³/mol. The normalized spacial score (nSPS) is 15.9. The van der Waals surface area contributed by atoms with Crippen LogP contribution in [0.5, 0.6) is 0 Å². The van der Waals surface area contributed by atoms with E-state index >= 15 is 0 Å². The third-order valence-electron chi connectivity index (χ3n) is 6.02. The van der Waals surface area contributed by atoms with Gasteiger partial charge in [-0.3, -0.25) is 0 Å². The minimum atomic E-state index is 1.03. The first kappa shape index (κ1) is 24.5. The van der Waals surface area contributed by atoms with Gasteiger partial charge in [0.25, 0.3) is 0 Å². The molecule has 2 heterocycles. The minimum Gasteiger partial charge on any atom is -0.179 e. The van der Waals surface area contributed by atoms with Gasteiger partial charge < -0.3 is 0 Å². The highest BCUT2D eigenvalue weighted by Gasteiger charge is 2.30. The van der Waals surface area contributed by atoms with Gasteiger partial charge in [0.05, 0.1) is 12.7 Å². The SMILES string of the molecule is CSC1=C(CCCCCCCCS)SC(=C2Sc3c(c4ccccc4c4ccccc34)S2)S1. The van der Waals surface area contributed by atoms with E-state index < -0.39 is 0 Å². The molecule has 3 aromatic rings. The van der Waals surface area contributed by atoms with Crippen molar-refractivity contribution in [1.29, 1.82) is 0 Å². The van der Waals surface area contributed by atoms with Crippen molar-refractivity contribution in [1.82, 2.24) is 0 Å². The second kappa shape index (κ2) is 11.7. The molecule has 2 aliphatic rings. The molecule has 0 saturated heterocycles. The van der Waals surface area contributed by atoms with Crippen molar-refractivity contribution in [3.8, 4) is 0 Å². The summed E-state index contributed by atoms with van der Waals surface area (Å²) in [5.74, 6) is 1.03. The molecule has 0 saturated carbocycles. The predicted octanol–water partition coefficient (Wildman–Crippen LogP) is 11.0. The number of fused-ring (bicyclic) bond motifs is 6. The molecule has 0 amide bonds. The first-order valence-corrected chi connectivity index (χ1v) is 16.7. The average molecular weight is 545 g/mol.